The molecule has 1 heterocycles. The Kier molecular flexibility index (Phi) is 8.62. The first-order valence-electron chi connectivity index (χ1n) is 10.3. The van der Waals surface area contributed by atoms with Crippen molar-refractivity contribution in [3.8, 4) is 0 Å². The molecule has 5 nitrogen and oxygen atoms in total. The fraction of sp³-hybridized carbons (Fsp3) is 0.417. The molecule has 2 aromatic carbocycles. The highest BCUT2D eigenvalue weighted by molar-refractivity contribution is 5.93. The Morgan fingerprint density at radius 3 is 2.27 bits per heavy atom. The van der Waals surface area contributed by atoms with Gasteiger partial charge in [-0.25, -0.2) is 4.79 Å². The monoisotopic (exact) mass is 474 g/mol. The van der Waals surface area contributed by atoms with Crippen molar-refractivity contribution in [1.82, 2.24) is 0 Å². The Morgan fingerprint density at radius 2 is 1.63 bits per heavy atom. The van der Waals surface area contributed by atoms with Crippen LogP contribution in [0.3, 0.4) is 0 Å². The number of methoxy groups -OCH3 is 1. The number of anilines is 1. The van der Waals surface area contributed by atoms with Crippen LogP contribution in [0, 0.1) is 13.8 Å². The van der Waals surface area contributed by atoms with Gasteiger partial charge in [-0.15, -0.1) is 0 Å². The van der Waals surface area contributed by atoms with E-state index >= 15 is 0 Å². The van der Waals surface area contributed by atoms with Crippen LogP contribution in [0.1, 0.15) is 46.3 Å². The van der Waals surface area contributed by atoms with Crippen LogP contribution in [0.25, 0.3) is 0 Å². The summed E-state index contributed by atoms with van der Waals surface area (Å²) < 4.78 is 5.58. The average Bonchev–Trinajstić information content (AvgIpc) is 2.71. The molecule has 3 rings (SSSR count). The van der Waals surface area contributed by atoms with E-state index in [4.69, 9.17) is 4.74 Å². The number of para-hydroxylation sites is 1. The van der Waals surface area contributed by atoms with E-state index in [2.05, 4.69) is 5.32 Å². The number of carbonyl (C=O) groups is 2. The normalized spacial score (nSPS) is 15.0. The van der Waals surface area contributed by atoms with E-state index in [1.165, 1.54) is 13.5 Å². The highest BCUT2D eigenvalue weighted by Crippen LogP contribution is 2.25. The number of piperidine rings is 1. The fourth-order valence-corrected chi connectivity index (χ4v) is 4.35. The predicted octanol–water partition coefficient (Wildman–Crippen LogP) is 1.23. The number of rotatable bonds is 6. The van der Waals surface area contributed by atoms with Gasteiger partial charge in [-0.05, 0) is 56.4 Å². The van der Waals surface area contributed by atoms with Crippen LogP contribution < -0.4 is 22.3 Å². The average molecular weight is 475 g/mol. The third-order valence-electron chi connectivity index (χ3n) is 5.86. The zero-order valence-corrected chi connectivity index (χ0v) is 19.6. The Bertz CT molecular complexity index is 872. The summed E-state index contributed by atoms with van der Waals surface area (Å²) >= 11 is 0. The number of amides is 1. The second kappa shape index (κ2) is 10.7. The van der Waals surface area contributed by atoms with Gasteiger partial charge in [0.2, 0.25) is 0 Å². The molecule has 1 N–H and O–H groups in total. The maximum absolute atomic E-state index is 13.0. The second-order valence-electron chi connectivity index (χ2n) is 8.17. The van der Waals surface area contributed by atoms with Crippen LogP contribution in [0.4, 0.5) is 5.69 Å². The van der Waals surface area contributed by atoms with E-state index in [1.54, 1.807) is 6.07 Å². The molecule has 0 aromatic heterocycles. The molecule has 0 saturated carbocycles. The largest absolute Gasteiger partial charge is 1.00 e. The molecular formula is C24H31BrN2O3. The van der Waals surface area contributed by atoms with Crippen molar-refractivity contribution in [2.75, 3.05) is 32.1 Å². The molecule has 1 fully saturated rings. The van der Waals surface area contributed by atoms with Crippen molar-refractivity contribution < 1.29 is 35.8 Å². The molecular weight excluding hydrogens is 444 g/mol. The summed E-state index contributed by atoms with van der Waals surface area (Å²) in [6.07, 6.45) is 3.45. The molecule has 162 valence electrons. The Labute approximate surface area is 189 Å². The summed E-state index contributed by atoms with van der Waals surface area (Å²) in [6.45, 7) is 7.17. The minimum atomic E-state index is -0.329. The van der Waals surface area contributed by atoms with E-state index < -0.39 is 0 Å². The smallest absolute Gasteiger partial charge is 0.337 e. The van der Waals surface area contributed by atoms with E-state index in [0.29, 0.717) is 12.1 Å². The van der Waals surface area contributed by atoms with Gasteiger partial charge in [-0.1, -0.05) is 30.3 Å². The minimum Gasteiger partial charge on any atom is -1.00 e. The summed E-state index contributed by atoms with van der Waals surface area (Å²) in [4.78, 5) is 24.9. The van der Waals surface area contributed by atoms with Gasteiger partial charge in [0.15, 0.2) is 6.54 Å². The maximum Gasteiger partial charge on any atom is 0.337 e. The van der Waals surface area contributed by atoms with Gasteiger partial charge < -0.3 is 31.5 Å². The van der Waals surface area contributed by atoms with Gasteiger partial charge in [0.05, 0.1) is 25.8 Å². The lowest BCUT2D eigenvalue weighted by molar-refractivity contribution is -0.937. The number of esters is 1. The first-order valence-corrected chi connectivity index (χ1v) is 10.3. The number of nitrogens with one attached hydrogen (secondary N) is 1. The molecule has 0 bridgehead atoms. The minimum absolute atomic E-state index is 0. The van der Waals surface area contributed by atoms with Gasteiger partial charge in [-0.2, -0.15) is 0 Å². The van der Waals surface area contributed by atoms with Gasteiger partial charge in [-0.3, -0.25) is 4.79 Å². The third-order valence-corrected chi connectivity index (χ3v) is 5.86. The molecule has 0 aliphatic carbocycles. The molecule has 1 amide bonds. The number of nitrogens with zero attached hydrogens (tertiary/aromatic N) is 1. The zero-order chi connectivity index (χ0) is 20.9. The van der Waals surface area contributed by atoms with Gasteiger partial charge in [0.25, 0.3) is 5.91 Å². The number of hydrogen-bond acceptors (Lipinski definition) is 3. The highest BCUT2D eigenvalue weighted by atomic mass is 79.9. The fourth-order valence-electron chi connectivity index (χ4n) is 4.35. The molecule has 30 heavy (non-hydrogen) atoms. The van der Waals surface area contributed by atoms with Gasteiger partial charge in [0, 0.05) is 11.3 Å². The molecule has 1 aliphatic heterocycles. The summed E-state index contributed by atoms with van der Waals surface area (Å²) in [5.41, 5.74) is 4.69. The number of benzene rings is 2. The second-order valence-corrected chi connectivity index (χ2v) is 8.17. The number of ether oxygens (including phenoxy) is 1. The molecule has 6 heteroatoms. The van der Waals surface area contributed by atoms with Crippen molar-refractivity contribution >= 4 is 17.6 Å². The number of hydrogen-bond donors (Lipinski definition) is 1. The SMILES string of the molecule is COC(=O)c1cccc(C[N+]2(CC(=O)Nc3c(C)cccc3C)CCCCC2)c1.[Br-]. The lowest BCUT2D eigenvalue weighted by Crippen LogP contribution is -3.00. The number of aryl methyl sites for hydroxylation is 2. The number of quaternary nitrogens is 1. The highest BCUT2D eigenvalue weighted by Gasteiger charge is 2.33. The summed E-state index contributed by atoms with van der Waals surface area (Å²) in [7, 11) is 1.39. The Hall–Kier alpha value is -2.18. The van der Waals surface area contributed by atoms with Crippen molar-refractivity contribution in [2.45, 2.75) is 39.7 Å². The number of likely N-dealkylation sites (tertiary alicyclic amines) is 1. The van der Waals surface area contributed by atoms with Crippen molar-refractivity contribution in [2.24, 2.45) is 0 Å². The lowest BCUT2D eigenvalue weighted by Gasteiger charge is -2.41. The topological polar surface area (TPSA) is 55.4 Å². The molecule has 2 aromatic rings. The van der Waals surface area contributed by atoms with E-state index in [-0.39, 0.29) is 28.9 Å². The van der Waals surface area contributed by atoms with E-state index in [1.807, 2.05) is 50.2 Å². The van der Waals surface area contributed by atoms with Crippen LogP contribution in [-0.4, -0.2) is 43.1 Å². The number of carbonyl (C=O) groups excluding carboxylic acids is 2. The molecule has 0 radical (unpaired) electrons. The molecule has 0 unspecified atom stereocenters. The van der Waals surface area contributed by atoms with Gasteiger partial charge >= 0.3 is 5.97 Å². The predicted molar refractivity (Wildman–Crippen MR) is 115 cm³/mol. The van der Waals surface area contributed by atoms with Crippen LogP contribution in [-0.2, 0) is 16.1 Å². The van der Waals surface area contributed by atoms with Crippen LogP contribution >= 0.6 is 0 Å². The van der Waals surface area contributed by atoms with Crippen LogP contribution in [0.2, 0.25) is 0 Å². The van der Waals surface area contributed by atoms with E-state index in [0.717, 1.165) is 59.3 Å². The third kappa shape index (κ3) is 5.92. The summed E-state index contributed by atoms with van der Waals surface area (Å²) in [6, 6.07) is 13.6. The van der Waals surface area contributed by atoms with Crippen molar-refractivity contribution in [3.05, 3.63) is 64.7 Å². The first-order chi connectivity index (χ1) is 13.9. The quantitative estimate of drug-likeness (QED) is 0.506. The Morgan fingerprint density at radius 1 is 1.00 bits per heavy atom. The van der Waals surface area contributed by atoms with Gasteiger partial charge in [0.1, 0.15) is 6.54 Å². The van der Waals surface area contributed by atoms with Crippen molar-refractivity contribution in [1.29, 1.82) is 0 Å². The van der Waals surface area contributed by atoms with Crippen LogP contribution in [0.5, 0.6) is 0 Å². The molecule has 1 saturated heterocycles. The first kappa shape index (κ1) is 24.1. The molecule has 0 spiro atoms. The van der Waals surface area contributed by atoms with Crippen molar-refractivity contribution in [3.63, 3.8) is 0 Å². The zero-order valence-electron chi connectivity index (χ0n) is 18.0. The Balaban J connectivity index is 0.00000320. The molecule has 0 atom stereocenters. The lowest BCUT2D eigenvalue weighted by atomic mass is 10.0. The summed E-state index contributed by atoms with van der Waals surface area (Å²) in [5.74, 6) is -0.279. The number of halogens is 1. The standard InChI is InChI=1S/C24H30N2O3.BrH/c1-18-9-7-10-19(2)23(18)25-22(27)17-26(13-5-4-6-14-26)16-20-11-8-12-21(15-20)24(28)29-3;/h7-12,15H,4-6,13-14,16-17H2,1-3H3;1H. The summed E-state index contributed by atoms with van der Waals surface area (Å²) in [5, 5.41) is 3.15. The van der Waals surface area contributed by atoms with Crippen LogP contribution in [0.15, 0.2) is 42.5 Å². The van der Waals surface area contributed by atoms with E-state index in [9.17, 15) is 9.59 Å². The maximum atomic E-state index is 13.0. The molecule has 1 aliphatic rings.